The molecule has 0 bridgehead atoms. The molecule has 5 heteroatoms. The molecule has 0 heterocycles. The Kier molecular flexibility index (Phi) is 4.10. The van der Waals surface area contributed by atoms with Gasteiger partial charge in [0.2, 0.25) is 11.8 Å². The monoisotopic (exact) mass is 280 g/mol. The minimum absolute atomic E-state index is 0.0140. The molecule has 2 rings (SSSR count). The maximum Gasteiger partial charge on any atom is 0.230 e. The van der Waals surface area contributed by atoms with E-state index in [4.69, 9.17) is 11.6 Å². The van der Waals surface area contributed by atoms with Crippen LogP contribution in [0.5, 0.6) is 0 Å². The molecule has 1 aromatic carbocycles. The summed E-state index contributed by atoms with van der Waals surface area (Å²) in [4.78, 5) is 22.9. The summed E-state index contributed by atoms with van der Waals surface area (Å²) in [7, 11) is 0. The van der Waals surface area contributed by atoms with Gasteiger partial charge in [-0.2, -0.15) is 0 Å². The lowest BCUT2D eigenvalue weighted by Gasteiger charge is -2.16. The van der Waals surface area contributed by atoms with Gasteiger partial charge >= 0.3 is 0 Å². The van der Waals surface area contributed by atoms with Gasteiger partial charge in [0.15, 0.2) is 0 Å². The molecule has 1 saturated carbocycles. The molecule has 0 aliphatic heterocycles. The van der Waals surface area contributed by atoms with Crippen molar-refractivity contribution < 1.29 is 9.59 Å². The van der Waals surface area contributed by atoms with Crippen LogP contribution in [0.15, 0.2) is 24.3 Å². The minimum atomic E-state index is -0.416. The smallest absolute Gasteiger partial charge is 0.230 e. The lowest BCUT2D eigenvalue weighted by Crippen LogP contribution is -2.39. The van der Waals surface area contributed by atoms with Gasteiger partial charge in [0.1, 0.15) is 0 Å². The minimum Gasteiger partial charge on any atom is -0.355 e. The highest BCUT2D eigenvalue weighted by Gasteiger charge is 2.51. The van der Waals surface area contributed by atoms with Crippen molar-refractivity contribution in [3.8, 4) is 0 Å². The number of amides is 2. The van der Waals surface area contributed by atoms with Crippen LogP contribution >= 0.6 is 11.6 Å². The van der Waals surface area contributed by atoms with Crippen LogP contribution < -0.4 is 10.6 Å². The Hall–Kier alpha value is -1.55. The number of halogens is 1. The summed E-state index contributed by atoms with van der Waals surface area (Å²) >= 11 is 5.97. The van der Waals surface area contributed by atoms with E-state index in [1.165, 1.54) is 6.92 Å². The van der Waals surface area contributed by atoms with Gasteiger partial charge in [0, 0.05) is 25.0 Å². The van der Waals surface area contributed by atoms with Crippen LogP contribution in [0.2, 0.25) is 5.02 Å². The first-order valence-electron chi connectivity index (χ1n) is 6.33. The molecule has 0 unspecified atom stereocenters. The average Bonchev–Trinajstić information content (AvgIpc) is 3.15. The fraction of sp³-hybridized carbons (Fsp3) is 0.429. The molecule has 1 aliphatic carbocycles. The Bertz CT molecular complexity index is 498. The number of hydrogen-bond donors (Lipinski definition) is 2. The maximum absolute atomic E-state index is 12.2. The zero-order valence-corrected chi connectivity index (χ0v) is 11.6. The van der Waals surface area contributed by atoms with Crippen LogP contribution in [0.25, 0.3) is 0 Å². The van der Waals surface area contributed by atoms with E-state index >= 15 is 0 Å². The molecule has 0 spiro atoms. The van der Waals surface area contributed by atoms with E-state index < -0.39 is 5.41 Å². The molecule has 19 heavy (non-hydrogen) atoms. The van der Waals surface area contributed by atoms with Crippen molar-refractivity contribution in [1.82, 2.24) is 10.6 Å². The van der Waals surface area contributed by atoms with Crippen LogP contribution in [0, 0.1) is 0 Å². The van der Waals surface area contributed by atoms with Gasteiger partial charge < -0.3 is 10.6 Å². The van der Waals surface area contributed by atoms with Crippen molar-refractivity contribution in [1.29, 1.82) is 0 Å². The third kappa shape index (κ3) is 3.26. The first-order valence-corrected chi connectivity index (χ1v) is 6.71. The van der Waals surface area contributed by atoms with E-state index in [1.54, 1.807) is 6.07 Å². The molecule has 1 aliphatic rings. The summed E-state index contributed by atoms with van der Waals surface area (Å²) in [5.41, 5.74) is 0.554. The van der Waals surface area contributed by atoms with E-state index in [0.29, 0.717) is 18.1 Å². The predicted octanol–water partition coefficient (Wildman–Crippen LogP) is 1.62. The normalized spacial score (nSPS) is 15.7. The van der Waals surface area contributed by atoms with Crippen molar-refractivity contribution in [3.63, 3.8) is 0 Å². The van der Waals surface area contributed by atoms with Crippen molar-refractivity contribution in [2.75, 3.05) is 13.1 Å². The first kappa shape index (κ1) is 13.9. The molecular weight excluding hydrogens is 264 g/mol. The van der Waals surface area contributed by atoms with E-state index in [1.807, 2.05) is 18.2 Å². The second-order valence-electron chi connectivity index (χ2n) is 4.83. The lowest BCUT2D eigenvalue weighted by molar-refractivity contribution is -0.124. The van der Waals surface area contributed by atoms with Crippen molar-refractivity contribution >= 4 is 23.4 Å². The zero-order valence-electron chi connectivity index (χ0n) is 10.8. The number of nitrogens with one attached hydrogen (secondary N) is 2. The van der Waals surface area contributed by atoms with Crippen LogP contribution in [-0.2, 0) is 15.0 Å². The summed E-state index contributed by atoms with van der Waals surface area (Å²) in [6.07, 6.45) is 1.69. The van der Waals surface area contributed by atoms with Crippen LogP contribution in [0.1, 0.15) is 25.3 Å². The molecule has 102 valence electrons. The van der Waals surface area contributed by atoms with Crippen LogP contribution in [-0.4, -0.2) is 24.9 Å². The SMILES string of the molecule is CC(=O)NCCNC(=O)C1(c2cccc(Cl)c2)CC1. The molecule has 0 atom stereocenters. The molecule has 2 amide bonds. The quantitative estimate of drug-likeness (QED) is 0.806. The van der Waals surface area contributed by atoms with Gasteiger partial charge in [-0.3, -0.25) is 9.59 Å². The fourth-order valence-electron chi connectivity index (χ4n) is 2.14. The van der Waals surface area contributed by atoms with Crippen molar-refractivity contribution in [2.45, 2.75) is 25.2 Å². The summed E-state index contributed by atoms with van der Waals surface area (Å²) in [6.45, 7) is 2.35. The van der Waals surface area contributed by atoms with E-state index in [2.05, 4.69) is 10.6 Å². The fourth-order valence-corrected chi connectivity index (χ4v) is 2.33. The summed E-state index contributed by atoms with van der Waals surface area (Å²) < 4.78 is 0. The van der Waals surface area contributed by atoms with Gasteiger partial charge in [-0.05, 0) is 30.5 Å². The standard InChI is InChI=1S/C14H17ClN2O2/c1-10(18)16-7-8-17-13(19)14(5-6-14)11-3-2-4-12(15)9-11/h2-4,9H,5-8H2,1H3,(H,16,18)(H,17,19). The number of rotatable bonds is 5. The topological polar surface area (TPSA) is 58.2 Å². The second-order valence-corrected chi connectivity index (χ2v) is 5.27. The Balaban J connectivity index is 1.93. The van der Waals surface area contributed by atoms with Crippen molar-refractivity contribution in [3.05, 3.63) is 34.9 Å². The zero-order chi connectivity index (χ0) is 13.9. The molecule has 4 nitrogen and oxygen atoms in total. The number of benzene rings is 1. The van der Waals surface area contributed by atoms with Gasteiger partial charge in [-0.15, -0.1) is 0 Å². The van der Waals surface area contributed by atoms with Gasteiger partial charge in [0.25, 0.3) is 0 Å². The molecule has 0 radical (unpaired) electrons. The molecule has 0 saturated heterocycles. The highest BCUT2D eigenvalue weighted by atomic mass is 35.5. The third-order valence-electron chi connectivity index (χ3n) is 3.35. The van der Waals surface area contributed by atoms with Crippen LogP contribution in [0.3, 0.4) is 0 Å². The van der Waals surface area contributed by atoms with E-state index in [9.17, 15) is 9.59 Å². The number of carbonyl (C=O) groups is 2. The van der Waals surface area contributed by atoms with Gasteiger partial charge in [-0.1, -0.05) is 23.7 Å². The predicted molar refractivity (Wildman–Crippen MR) is 74.1 cm³/mol. The molecule has 0 aromatic heterocycles. The summed E-state index contributed by atoms with van der Waals surface area (Å²) in [5.74, 6) is -0.0784. The van der Waals surface area contributed by atoms with Gasteiger partial charge in [0.05, 0.1) is 5.41 Å². The number of carbonyl (C=O) groups excluding carboxylic acids is 2. The van der Waals surface area contributed by atoms with E-state index in [-0.39, 0.29) is 11.8 Å². The summed E-state index contributed by atoms with van der Waals surface area (Å²) in [5, 5.41) is 6.16. The maximum atomic E-state index is 12.2. The lowest BCUT2D eigenvalue weighted by atomic mass is 9.95. The Labute approximate surface area is 117 Å². The molecular formula is C14H17ClN2O2. The molecule has 1 aromatic rings. The Morgan fingerprint density at radius 2 is 1.95 bits per heavy atom. The molecule has 2 N–H and O–H groups in total. The molecule has 1 fully saturated rings. The number of hydrogen-bond acceptors (Lipinski definition) is 2. The Morgan fingerprint density at radius 1 is 1.26 bits per heavy atom. The average molecular weight is 281 g/mol. The van der Waals surface area contributed by atoms with Gasteiger partial charge in [-0.25, -0.2) is 0 Å². The summed E-state index contributed by atoms with van der Waals surface area (Å²) in [6, 6.07) is 7.45. The van der Waals surface area contributed by atoms with Crippen LogP contribution in [0.4, 0.5) is 0 Å². The Morgan fingerprint density at radius 3 is 2.53 bits per heavy atom. The second kappa shape index (κ2) is 5.61. The van der Waals surface area contributed by atoms with E-state index in [0.717, 1.165) is 18.4 Å². The third-order valence-corrected chi connectivity index (χ3v) is 3.58. The highest BCUT2D eigenvalue weighted by molar-refractivity contribution is 6.30. The largest absolute Gasteiger partial charge is 0.355 e. The van der Waals surface area contributed by atoms with Crippen molar-refractivity contribution in [2.24, 2.45) is 0 Å². The highest BCUT2D eigenvalue weighted by Crippen LogP contribution is 2.48. The first-order chi connectivity index (χ1) is 9.04.